The molecule has 0 aliphatic rings. The summed E-state index contributed by atoms with van der Waals surface area (Å²) in [6.45, 7) is 2.61. The van der Waals surface area contributed by atoms with E-state index in [1.54, 1.807) is 6.07 Å². The maximum Gasteiger partial charge on any atom is 0.323 e. The van der Waals surface area contributed by atoms with Crippen molar-refractivity contribution >= 4 is 11.8 Å². The largest absolute Gasteiger partial charge is 0.395 e. The fraction of sp³-hybridized carbons (Fsp3) is 0.500. The quantitative estimate of drug-likeness (QED) is 0.741. The number of urea groups is 1. The van der Waals surface area contributed by atoms with Gasteiger partial charge in [0, 0.05) is 19.2 Å². The van der Waals surface area contributed by atoms with Crippen LogP contribution in [0.1, 0.15) is 6.92 Å². The zero-order valence-electron chi connectivity index (χ0n) is 7.93. The Hall–Kier alpha value is -1.56. The molecule has 1 aromatic heterocycles. The van der Waals surface area contributed by atoms with Crippen LogP contribution in [0.25, 0.3) is 0 Å². The number of hydrogen-bond acceptors (Lipinski definition) is 4. The molecule has 0 saturated heterocycles. The van der Waals surface area contributed by atoms with Gasteiger partial charge in [-0.2, -0.15) is 0 Å². The molecule has 0 bridgehead atoms. The SMILES string of the molecule is CCN(CCO)C(=O)Nc1ccon1. The molecule has 1 heterocycles. The highest BCUT2D eigenvalue weighted by Crippen LogP contribution is 2.02. The first-order valence-corrected chi connectivity index (χ1v) is 4.35. The number of nitrogens with zero attached hydrogens (tertiary/aromatic N) is 2. The molecule has 1 aromatic rings. The Balaban J connectivity index is 2.47. The van der Waals surface area contributed by atoms with E-state index in [1.807, 2.05) is 6.92 Å². The molecule has 6 heteroatoms. The van der Waals surface area contributed by atoms with Gasteiger partial charge in [0.15, 0.2) is 5.82 Å². The lowest BCUT2D eigenvalue weighted by Crippen LogP contribution is -2.36. The Kier molecular flexibility index (Phi) is 3.93. The Morgan fingerprint density at radius 2 is 2.57 bits per heavy atom. The lowest BCUT2D eigenvalue weighted by molar-refractivity contribution is 0.191. The molecule has 0 spiro atoms. The minimum Gasteiger partial charge on any atom is -0.395 e. The Morgan fingerprint density at radius 1 is 1.79 bits per heavy atom. The molecule has 14 heavy (non-hydrogen) atoms. The third-order valence-corrected chi connectivity index (χ3v) is 1.71. The second-order valence-corrected chi connectivity index (χ2v) is 2.62. The summed E-state index contributed by atoms with van der Waals surface area (Å²) in [5, 5.41) is 14.8. The van der Waals surface area contributed by atoms with Crippen LogP contribution in [0.4, 0.5) is 10.6 Å². The van der Waals surface area contributed by atoms with Crippen molar-refractivity contribution in [1.29, 1.82) is 0 Å². The van der Waals surface area contributed by atoms with Crippen molar-refractivity contribution in [3.63, 3.8) is 0 Å². The maximum atomic E-state index is 11.5. The predicted molar refractivity (Wildman–Crippen MR) is 49.9 cm³/mol. The smallest absolute Gasteiger partial charge is 0.323 e. The van der Waals surface area contributed by atoms with E-state index in [4.69, 9.17) is 5.11 Å². The third kappa shape index (κ3) is 2.74. The number of anilines is 1. The summed E-state index contributed by atoms with van der Waals surface area (Å²) in [5.41, 5.74) is 0. The number of carbonyl (C=O) groups excluding carboxylic acids is 1. The fourth-order valence-corrected chi connectivity index (χ4v) is 0.990. The van der Waals surface area contributed by atoms with Crippen LogP contribution in [0.3, 0.4) is 0 Å². The minimum atomic E-state index is -0.296. The van der Waals surface area contributed by atoms with E-state index in [0.29, 0.717) is 18.9 Å². The van der Waals surface area contributed by atoms with E-state index < -0.39 is 0 Å². The molecule has 0 aromatic carbocycles. The van der Waals surface area contributed by atoms with Crippen molar-refractivity contribution in [2.45, 2.75) is 6.92 Å². The monoisotopic (exact) mass is 199 g/mol. The molecular weight excluding hydrogens is 186 g/mol. The van der Waals surface area contributed by atoms with Gasteiger partial charge in [-0.3, -0.25) is 5.32 Å². The van der Waals surface area contributed by atoms with Gasteiger partial charge in [0.2, 0.25) is 0 Å². The summed E-state index contributed by atoms with van der Waals surface area (Å²) in [6, 6.07) is 1.25. The summed E-state index contributed by atoms with van der Waals surface area (Å²) < 4.78 is 4.56. The van der Waals surface area contributed by atoms with Crippen LogP contribution in [-0.4, -0.2) is 40.9 Å². The third-order valence-electron chi connectivity index (χ3n) is 1.71. The number of carbonyl (C=O) groups is 1. The molecular formula is C8H13N3O3. The first-order valence-electron chi connectivity index (χ1n) is 4.35. The number of aliphatic hydroxyl groups is 1. The molecule has 0 aliphatic carbocycles. The second kappa shape index (κ2) is 5.23. The van der Waals surface area contributed by atoms with Crippen LogP contribution < -0.4 is 5.32 Å². The number of likely N-dealkylation sites (N-methyl/N-ethyl adjacent to an activating group) is 1. The summed E-state index contributed by atoms with van der Waals surface area (Å²) >= 11 is 0. The van der Waals surface area contributed by atoms with Gasteiger partial charge in [0.1, 0.15) is 6.26 Å². The molecule has 0 fully saturated rings. The molecule has 0 radical (unpaired) electrons. The van der Waals surface area contributed by atoms with Crippen LogP contribution in [0, 0.1) is 0 Å². The van der Waals surface area contributed by atoms with E-state index >= 15 is 0 Å². The maximum absolute atomic E-state index is 11.5. The number of nitrogens with one attached hydrogen (secondary N) is 1. The van der Waals surface area contributed by atoms with Crippen molar-refractivity contribution in [2.24, 2.45) is 0 Å². The summed E-state index contributed by atoms with van der Waals surface area (Å²) in [7, 11) is 0. The first-order chi connectivity index (χ1) is 6.77. The standard InChI is InChI=1S/C8H13N3O3/c1-2-11(4-5-12)8(13)9-7-3-6-14-10-7/h3,6,12H,2,4-5H2,1H3,(H,9,10,13). The molecule has 0 saturated carbocycles. The van der Waals surface area contributed by atoms with E-state index in [1.165, 1.54) is 11.2 Å². The van der Waals surface area contributed by atoms with Gasteiger partial charge in [0.25, 0.3) is 0 Å². The number of hydrogen-bond donors (Lipinski definition) is 2. The average molecular weight is 199 g/mol. The second-order valence-electron chi connectivity index (χ2n) is 2.62. The van der Waals surface area contributed by atoms with E-state index in [-0.39, 0.29) is 12.6 Å². The molecule has 78 valence electrons. The van der Waals surface area contributed by atoms with Crippen LogP contribution in [0.15, 0.2) is 16.9 Å². The van der Waals surface area contributed by atoms with Gasteiger partial charge in [-0.15, -0.1) is 0 Å². The highest BCUT2D eigenvalue weighted by Gasteiger charge is 2.11. The lowest BCUT2D eigenvalue weighted by Gasteiger charge is -2.18. The predicted octanol–water partition coefficient (Wildman–Crippen LogP) is 0.521. The van der Waals surface area contributed by atoms with Gasteiger partial charge in [-0.1, -0.05) is 5.16 Å². The lowest BCUT2D eigenvalue weighted by atomic mass is 10.5. The van der Waals surface area contributed by atoms with Gasteiger partial charge < -0.3 is 14.5 Å². The molecule has 0 unspecified atom stereocenters. The van der Waals surface area contributed by atoms with Gasteiger partial charge >= 0.3 is 6.03 Å². The highest BCUT2D eigenvalue weighted by atomic mass is 16.5. The zero-order chi connectivity index (χ0) is 10.4. The van der Waals surface area contributed by atoms with Gasteiger partial charge in [0.05, 0.1) is 6.61 Å². The Labute approximate surface area is 81.5 Å². The van der Waals surface area contributed by atoms with Crippen molar-refractivity contribution < 1.29 is 14.4 Å². The number of amides is 2. The first kappa shape index (κ1) is 10.5. The number of rotatable bonds is 4. The molecule has 0 atom stereocenters. The van der Waals surface area contributed by atoms with E-state index in [9.17, 15) is 4.79 Å². The van der Waals surface area contributed by atoms with Crippen LogP contribution in [0.5, 0.6) is 0 Å². The summed E-state index contributed by atoms with van der Waals surface area (Å²) in [5.74, 6) is 0.367. The molecule has 6 nitrogen and oxygen atoms in total. The highest BCUT2D eigenvalue weighted by molar-refractivity contribution is 5.88. The molecule has 1 rings (SSSR count). The van der Waals surface area contributed by atoms with Crippen LogP contribution in [0.2, 0.25) is 0 Å². The molecule has 0 aliphatic heterocycles. The van der Waals surface area contributed by atoms with Crippen molar-refractivity contribution in [2.75, 3.05) is 25.0 Å². The van der Waals surface area contributed by atoms with Crippen molar-refractivity contribution in [1.82, 2.24) is 10.1 Å². The van der Waals surface area contributed by atoms with Crippen LogP contribution in [-0.2, 0) is 0 Å². The topological polar surface area (TPSA) is 78.6 Å². The molecule has 2 amide bonds. The fourth-order valence-electron chi connectivity index (χ4n) is 0.990. The molecule has 2 N–H and O–H groups in total. The summed E-state index contributed by atoms with van der Waals surface area (Å²) in [4.78, 5) is 12.9. The number of aromatic nitrogens is 1. The van der Waals surface area contributed by atoms with Crippen LogP contribution >= 0.6 is 0 Å². The average Bonchev–Trinajstić information content (AvgIpc) is 2.66. The minimum absolute atomic E-state index is 0.0555. The summed E-state index contributed by atoms with van der Waals surface area (Å²) in [6.07, 6.45) is 1.37. The van der Waals surface area contributed by atoms with Crippen molar-refractivity contribution in [3.8, 4) is 0 Å². The van der Waals surface area contributed by atoms with Gasteiger partial charge in [-0.05, 0) is 6.92 Å². The van der Waals surface area contributed by atoms with Crippen molar-refractivity contribution in [3.05, 3.63) is 12.3 Å². The Morgan fingerprint density at radius 3 is 3.07 bits per heavy atom. The zero-order valence-corrected chi connectivity index (χ0v) is 7.93. The normalized spacial score (nSPS) is 9.86. The van der Waals surface area contributed by atoms with E-state index in [2.05, 4.69) is 15.0 Å². The Bertz CT molecular complexity index is 273. The van der Waals surface area contributed by atoms with E-state index in [0.717, 1.165) is 0 Å². The van der Waals surface area contributed by atoms with Gasteiger partial charge in [-0.25, -0.2) is 4.79 Å². The number of aliphatic hydroxyl groups excluding tert-OH is 1.